The summed E-state index contributed by atoms with van der Waals surface area (Å²) < 4.78 is 0. The summed E-state index contributed by atoms with van der Waals surface area (Å²) >= 11 is 1.55. The van der Waals surface area contributed by atoms with Crippen LogP contribution in [-0.2, 0) is 6.42 Å². The highest BCUT2D eigenvalue weighted by molar-refractivity contribution is 7.18. The van der Waals surface area contributed by atoms with Gasteiger partial charge in [-0.25, -0.2) is 0 Å². The van der Waals surface area contributed by atoms with Crippen LogP contribution in [0.3, 0.4) is 0 Å². The quantitative estimate of drug-likeness (QED) is 0.479. The van der Waals surface area contributed by atoms with Gasteiger partial charge in [-0.3, -0.25) is 9.78 Å². The van der Waals surface area contributed by atoms with Gasteiger partial charge >= 0.3 is 0 Å². The molecule has 1 aliphatic carbocycles. The fourth-order valence-electron chi connectivity index (χ4n) is 5.02. The Morgan fingerprint density at radius 2 is 1.85 bits per heavy atom. The first kappa shape index (κ1) is 21.9. The number of aryl methyl sites for hydroxylation is 1. The minimum Gasteiger partial charge on any atom is -0.338 e. The second-order valence-corrected chi connectivity index (χ2v) is 10.2. The zero-order chi connectivity index (χ0) is 22.9. The summed E-state index contributed by atoms with van der Waals surface area (Å²) in [5.41, 5.74) is 5.39. The fourth-order valence-corrected chi connectivity index (χ4v) is 6.18. The van der Waals surface area contributed by atoms with Crippen LogP contribution in [0.2, 0.25) is 0 Å². The summed E-state index contributed by atoms with van der Waals surface area (Å²) in [6.07, 6.45) is 7.21. The van der Waals surface area contributed by atoms with Crippen LogP contribution in [-0.4, -0.2) is 53.9 Å². The van der Waals surface area contributed by atoms with Crippen molar-refractivity contribution >= 4 is 17.2 Å². The van der Waals surface area contributed by atoms with Gasteiger partial charge in [0.2, 0.25) is 0 Å². The van der Waals surface area contributed by atoms with Crippen LogP contribution in [0, 0.1) is 4.91 Å². The number of nitroso groups, excluding NO2 is 1. The monoisotopic (exact) mass is 460 g/mol. The molecule has 1 saturated heterocycles. The number of pyridine rings is 1. The van der Waals surface area contributed by atoms with E-state index in [1.165, 1.54) is 5.56 Å². The number of amides is 1. The van der Waals surface area contributed by atoms with Crippen molar-refractivity contribution in [3.05, 3.63) is 69.7 Å². The highest BCUT2D eigenvalue weighted by Gasteiger charge is 2.28. The summed E-state index contributed by atoms with van der Waals surface area (Å²) in [6, 6.07) is 12.3. The Morgan fingerprint density at radius 3 is 2.58 bits per heavy atom. The zero-order valence-corrected chi connectivity index (χ0v) is 19.8. The lowest BCUT2D eigenvalue weighted by molar-refractivity contribution is 0.0664. The molecule has 0 N–H and O–H groups in total. The van der Waals surface area contributed by atoms with Crippen molar-refractivity contribution in [2.24, 2.45) is 5.18 Å². The molecule has 3 heterocycles. The van der Waals surface area contributed by atoms with Gasteiger partial charge in [0.15, 0.2) is 0 Å². The Labute approximate surface area is 198 Å². The van der Waals surface area contributed by atoms with E-state index in [-0.39, 0.29) is 18.0 Å². The molecule has 5 rings (SSSR count). The van der Waals surface area contributed by atoms with E-state index in [1.54, 1.807) is 23.7 Å². The molecule has 2 aromatic heterocycles. The molecule has 1 atom stereocenters. The van der Waals surface area contributed by atoms with E-state index in [0.29, 0.717) is 0 Å². The number of rotatable bonds is 5. The van der Waals surface area contributed by atoms with E-state index < -0.39 is 0 Å². The van der Waals surface area contributed by atoms with Gasteiger partial charge < -0.3 is 9.80 Å². The van der Waals surface area contributed by atoms with Crippen molar-refractivity contribution in [1.82, 2.24) is 14.8 Å². The van der Waals surface area contributed by atoms with Crippen molar-refractivity contribution in [3.8, 4) is 21.6 Å². The molecule has 1 unspecified atom stereocenters. The van der Waals surface area contributed by atoms with E-state index in [4.69, 9.17) is 0 Å². The van der Waals surface area contributed by atoms with Gasteiger partial charge in [-0.15, -0.1) is 11.3 Å². The van der Waals surface area contributed by atoms with E-state index in [0.717, 1.165) is 70.8 Å². The molecule has 0 radical (unpaired) electrons. The number of hydrogen-bond acceptors (Lipinski definition) is 6. The first-order chi connectivity index (χ1) is 16.0. The topological polar surface area (TPSA) is 65.9 Å². The van der Waals surface area contributed by atoms with Crippen LogP contribution in [0.15, 0.2) is 54.0 Å². The molecular weight excluding hydrogens is 432 g/mol. The minimum absolute atomic E-state index is 0.0856. The summed E-state index contributed by atoms with van der Waals surface area (Å²) in [5.74, 6) is 0.0856. The third-order valence-electron chi connectivity index (χ3n) is 7.07. The van der Waals surface area contributed by atoms with Crippen LogP contribution in [0.25, 0.3) is 21.6 Å². The number of carbonyl (C=O) groups excluding carboxylic acids is 1. The van der Waals surface area contributed by atoms with Gasteiger partial charge in [-0.05, 0) is 92.3 Å². The number of carbonyl (C=O) groups is 1. The SMILES string of the molecule is CN1CCC(N(C)C(=O)c2cc(-c3ccncc3)c(-c3ccc4c(c3)CCC4N=O)s2)CC1. The number of hydrogen-bond donors (Lipinski definition) is 0. The van der Waals surface area contributed by atoms with Gasteiger partial charge in [-0.1, -0.05) is 17.3 Å². The summed E-state index contributed by atoms with van der Waals surface area (Å²) in [4.78, 5) is 34.9. The highest BCUT2D eigenvalue weighted by Crippen LogP contribution is 2.43. The second kappa shape index (κ2) is 9.15. The standard InChI is InChI=1S/C26H28N4O2S/c1-29-13-9-20(10-14-29)30(2)26(31)24-16-22(17-7-11-27-12-8-17)25(33-24)19-3-5-21-18(15-19)4-6-23(21)28-32/h3,5,7-8,11-12,15-16,20,23H,4,6,9-10,13-14H2,1-2H3. The van der Waals surface area contributed by atoms with Gasteiger partial charge in [-0.2, -0.15) is 4.91 Å². The fraction of sp³-hybridized carbons (Fsp3) is 0.385. The van der Waals surface area contributed by atoms with E-state index in [9.17, 15) is 9.70 Å². The minimum atomic E-state index is -0.239. The predicted molar refractivity (Wildman–Crippen MR) is 132 cm³/mol. The largest absolute Gasteiger partial charge is 0.338 e. The maximum absolute atomic E-state index is 13.5. The van der Waals surface area contributed by atoms with Crippen molar-refractivity contribution in [1.29, 1.82) is 0 Å². The van der Waals surface area contributed by atoms with Crippen molar-refractivity contribution in [3.63, 3.8) is 0 Å². The molecule has 6 nitrogen and oxygen atoms in total. The third kappa shape index (κ3) is 4.23. The van der Waals surface area contributed by atoms with E-state index in [2.05, 4.69) is 34.2 Å². The normalized spacial score (nSPS) is 18.8. The van der Waals surface area contributed by atoms with Crippen molar-refractivity contribution < 1.29 is 4.79 Å². The first-order valence-corrected chi connectivity index (χ1v) is 12.3. The van der Waals surface area contributed by atoms with Crippen molar-refractivity contribution in [2.45, 2.75) is 37.8 Å². The van der Waals surface area contributed by atoms with Gasteiger partial charge in [0.25, 0.3) is 5.91 Å². The van der Waals surface area contributed by atoms with Crippen LogP contribution in [0.5, 0.6) is 0 Å². The average molecular weight is 461 g/mol. The molecular formula is C26H28N4O2S. The van der Waals surface area contributed by atoms with Crippen LogP contribution in [0.4, 0.5) is 0 Å². The summed E-state index contributed by atoms with van der Waals surface area (Å²) in [5, 5.41) is 3.28. The predicted octanol–water partition coefficient (Wildman–Crippen LogP) is 5.40. The Balaban J connectivity index is 1.51. The molecule has 33 heavy (non-hydrogen) atoms. The zero-order valence-electron chi connectivity index (χ0n) is 19.0. The molecule has 0 spiro atoms. The lowest BCUT2D eigenvalue weighted by atomic mass is 9.99. The highest BCUT2D eigenvalue weighted by atomic mass is 32.1. The number of nitrogens with zero attached hydrogens (tertiary/aromatic N) is 4. The Morgan fingerprint density at radius 1 is 1.09 bits per heavy atom. The van der Waals surface area contributed by atoms with Gasteiger partial charge in [0, 0.05) is 35.9 Å². The third-order valence-corrected chi connectivity index (χ3v) is 8.24. The maximum Gasteiger partial charge on any atom is 0.263 e. The smallest absolute Gasteiger partial charge is 0.263 e. The van der Waals surface area contributed by atoms with Crippen LogP contribution < -0.4 is 0 Å². The second-order valence-electron chi connectivity index (χ2n) is 9.11. The Hall–Kier alpha value is -2.90. The van der Waals surface area contributed by atoms with Gasteiger partial charge in [0.05, 0.1) is 4.88 Å². The lowest BCUT2D eigenvalue weighted by Gasteiger charge is -2.34. The molecule has 2 aliphatic rings. The molecule has 1 fully saturated rings. The Kier molecular flexibility index (Phi) is 6.08. The number of aromatic nitrogens is 1. The van der Waals surface area contributed by atoms with E-state index in [1.807, 2.05) is 36.2 Å². The Bertz CT molecular complexity index is 1170. The maximum atomic E-state index is 13.5. The van der Waals surface area contributed by atoms with Crippen molar-refractivity contribution in [2.75, 3.05) is 27.2 Å². The molecule has 0 saturated carbocycles. The molecule has 0 bridgehead atoms. The molecule has 1 aliphatic heterocycles. The number of thiophene rings is 1. The number of piperidine rings is 1. The summed E-state index contributed by atoms with van der Waals surface area (Å²) in [6.45, 7) is 2.04. The molecule has 3 aromatic rings. The summed E-state index contributed by atoms with van der Waals surface area (Å²) in [7, 11) is 4.07. The van der Waals surface area contributed by atoms with Crippen LogP contribution >= 0.6 is 11.3 Å². The first-order valence-electron chi connectivity index (χ1n) is 11.5. The molecule has 170 valence electrons. The molecule has 7 heteroatoms. The molecule has 1 amide bonds. The number of fused-ring (bicyclic) bond motifs is 1. The molecule has 1 aromatic carbocycles. The number of likely N-dealkylation sites (tertiary alicyclic amines) is 1. The van der Waals surface area contributed by atoms with E-state index >= 15 is 0 Å². The van der Waals surface area contributed by atoms with Crippen LogP contribution in [0.1, 0.15) is 46.1 Å². The van der Waals surface area contributed by atoms with Gasteiger partial charge in [0.1, 0.15) is 6.04 Å². The number of benzene rings is 1. The lowest BCUT2D eigenvalue weighted by Crippen LogP contribution is -2.44. The average Bonchev–Trinajstić information content (AvgIpc) is 3.48.